The lowest BCUT2D eigenvalue weighted by atomic mass is 10.1. The van der Waals surface area contributed by atoms with Gasteiger partial charge in [-0.3, -0.25) is 4.79 Å². The van der Waals surface area contributed by atoms with Gasteiger partial charge < -0.3 is 10.3 Å². The number of aryl methyl sites for hydroxylation is 1. The zero-order valence-electron chi connectivity index (χ0n) is 10.1. The maximum absolute atomic E-state index is 11.3. The molecule has 0 unspecified atom stereocenters. The van der Waals surface area contributed by atoms with E-state index >= 15 is 0 Å². The van der Waals surface area contributed by atoms with Gasteiger partial charge in [-0.05, 0) is 18.9 Å². The van der Waals surface area contributed by atoms with E-state index in [1.54, 1.807) is 6.20 Å². The third-order valence-corrected chi connectivity index (χ3v) is 2.50. The zero-order chi connectivity index (χ0) is 12.1. The maximum Gasteiger partial charge on any atom is 0.290 e. The Balaban J connectivity index is 0.00000162. The SMILES string of the molecule is Cc1cccc(CCNc2ncc[nH]c2=O)c1.Cl. The van der Waals surface area contributed by atoms with Gasteiger partial charge in [0.15, 0.2) is 5.82 Å². The first kappa shape index (κ1) is 14.3. The van der Waals surface area contributed by atoms with Crippen LogP contribution in [0.3, 0.4) is 0 Å². The van der Waals surface area contributed by atoms with Crippen molar-refractivity contribution >= 4 is 18.2 Å². The van der Waals surface area contributed by atoms with E-state index in [4.69, 9.17) is 0 Å². The number of rotatable bonds is 4. The van der Waals surface area contributed by atoms with Crippen molar-refractivity contribution in [1.82, 2.24) is 9.97 Å². The fourth-order valence-electron chi connectivity index (χ4n) is 1.67. The molecule has 0 saturated carbocycles. The molecular weight excluding hydrogens is 250 g/mol. The van der Waals surface area contributed by atoms with Crippen LogP contribution in [-0.4, -0.2) is 16.5 Å². The normalized spacial score (nSPS) is 9.61. The third kappa shape index (κ3) is 3.89. The first-order valence-electron chi connectivity index (χ1n) is 5.59. The average molecular weight is 266 g/mol. The zero-order valence-corrected chi connectivity index (χ0v) is 11.0. The highest BCUT2D eigenvalue weighted by Crippen LogP contribution is 2.04. The summed E-state index contributed by atoms with van der Waals surface area (Å²) in [6.07, 6.45) is 3.96. The maximum atomic E-state index is 11.3. The number of H-pyrrole nitrogens is 1. The Morgan fingerprint density at radius 2 is 2.22 bits per heavy atom. The Kier molecular flexibility index (Phi) is 5.39. The summed E-state index contributed by atoms with van der Waals surface area (Å²) in [5.74, 6) is 0.375. The van der Waals surface area contributed by atoms with Crippen molar-refractivity contribution in [3.63, 3.8) is 0 Å². The van der Waals surface area contributed by atoms with Crippen LogP contribution in [-0.2, 0) is 6.42 Å². The highest BCUT2D eigenvalue weighted by atomic mass is 35.5. The Hall–Kier alpha value is -1.81. The van der Waals surface area contributed by atoms with Gasteiger partial charge in [0.1, 0.15) is 0 Å². The van der Waals surface area contributed by atoms with Crippen LogP contribution < -0.4 is 10.9 Å². The Morgan fingerprint density at radius 3 is 2.94 bits per heavy atom. The van der Waals surface area contributed by atoms with Crippen LogP contribution in [0.4, 0.5) is 5.82 Å². The fourth-order valence-corrected chi connectivity index (χ4v) is 1.67. The summed E-state index contributed by atoms with van der Waals surface area (Å²) in [4.78, 5) is 17.9. The van der Waals surface area contributed by atoms with E-state index in [2.05, 4.69) is 40.4 Å². The molecule has 0 spiro atoms. The molecule has 0 saturated heterocycles. The minimum atomic E-state index is -0.184. The first-order valence-corrected chi connectivity index (χ1v) is 5.59. The topological polar surface area (TPSA) is 57.8 Å². The predicted molar refractivity (Wildman–Crippen MR) is 75.5 cm³/mol. The number of hydrogen-bond donors (Lipinski definition) is 2. The summed E-state index contributed by atoms with van der Waals surface area (Å²) in [5.41, 5.74) is 2.32. The van der Waals surface area contributed by atoms with Crippen molar-refractivity contribution in [2.24, 2.45) is 0 Å². The van der Waals surface area contributed by atoms with Gasteiger partial charge in [0.2, 0.25) is 0 Å². The summed E-state index contributed by atoms with van der Waals surface area (Å²) in [6.45, 7) is 2.77. The molecule has 0 atom stereocenters. The van der Waals surface area contributed by atoms with Crippen LogP contribution >= 0.6 is 12.4 Å². The molecule has 0 aliphatic carbocycles. The van der Waals surface area contributed by atoms with Gasteiger partial charge in [0, 0.05) is 18.9 Å². The monoisotopic (exact) mass is 265 g/mol. The van der Waals surface area contributed by atoms with Crippen molar-refractivity contribution in [1.29, 1.82) is 0 Å². The lowest BCUT2D eigenvalue weighted by Gasteiger charge is -2.05. The number of anilines is 1. The number of nitrogens with one attached hydrogen (secondary N) is 2. The molecule has 1 aromatic heterocycles. The lowest BCUT2D eigenvalue weighted by molar-refractivity contribution is 0.988. The molecule has 0 bridgehead atoms. The molecule has 1 aromatic carbocycles. The van der Waals surface area contributed by atoms with Gasteiger partial charge in [0.25, 0.3) is 5.56 Å². The van der Waals surface area contributed by atoms with Crippen LogP contribution in [0, 0.1) is 6.92 Å². The predicted octanol–water partition coefficient (Wildman–Crippen LogP) is 2.15. The number of aromatic nitrogens is 2. The summed E-state index contributed by atoms with van der Waals surface area (Å²) in [7, 11) is 0. The van der Waals surface area contributed by atoms with E-state index in [0.29, 0.717) is 12.4 Å². The quantitative estimate of drug-likeness (QED) is 0.891. The summed E-state index contributed by atoms with van der Waals surface area (Å²) >= 11 is 0. The molecule has 0 fully saturated rings. The van der Waals surface area contributed by atoms with Crippen LogP contribution in [0.15, 0.2) is 41.5 Å². The smallest absolute Gasteiger partial charge is 0.290 e. The minimum absolute atomic E-state index is 0. The Labute approximate surface area is 112 Å². The van der Waals surface area contributed by atoms with E-state index in [1.165, 1.54) is 17.3 Å². The molecule has 5 heteroatoms. The van der Waals surface area contributed by atoms with Crippen molar-refractivity contribution < 1.29 is 0 Å². The largest absolute Gasteiger partial charge is 0.365 e. The standard InChI is InChI=1S/C13H15N3O.ClH/c1-10-3-2-4-11(9-10)5-6-14-12-13(17)16-8-7-15-12;/h2-4,7-9H,5-6H2,1H3,(H,14,15)(H,16,17);1H. The Morgan fingerprint density at radius 1 is 1.39 bits per heavy atom. The van der Waals surface area contributed by atoms with Crippen molar-refractivity contribution in [3.8, 4) is 0 Å². The lowest BCUT2D eigenvalue weighted by Crippen LogP contribution is -2.17. The average Bonchev–Trinajstić information content (AvgIpc) is 2.32. The van der Waals surface area contributed by atoms with Crippen molar-refractivity contribution in [3.05, 3.63) is 58.1 Å². The van der Waals surface area contributed by atoms with Gasteiger partial charge in [-0.1, -0.05) is 29.8 Å². The number of nitrogens with zero attached hydrogens (tertiary/aromatic N) is 1. The van der Waals surface area contributed by atoms with Crippen molar-refractivity contribution in [2.45, 2.75) is 13.3 Å². The molecule has 0 aliphatic heterocycles. The highest BCUT2D eigenvalue weighted by Gasteiger charge is 1.98. The van der Waals surface area contributed by atoms with E-state index < -0.39 is 0 Å². The molecule has 96 valence electrons. The second-order valence-corrected chi connectivity index (χ2v) is 3.93. The second kappa shape index (κ2) is 6.81. The van der Waals surface area contributed by atoms with Crippen LogP contribution in [0.2, 0.25) is 0 Å². The molecular formula is C13H16ClN3O. The molecule has 18 heavy (non-hydrogen) atoms. The third-order valence-electron chi connectivity index (χ3n) is 2.50. The summed E-state index contributed by atoms with van der Waals surface area (Å²) in [5, 5.41) is 3.03. The van der Waals surface area contributed by atoms with E-state index in [-0.39, 0.29) is 18.0 Å². The first-order chi connectivity index (χ1) is 8.25. The van der Waals surface area contributed by atoms with E-state index in [1.807, 2.05) is 6.07 Å². The number of halogens is 1. The molecule has 0 amide bonds. The number of hydrogen-bond acceptors (Lipinski definition) is 3. The summed E-state index contributed by atoms with van der Waals surface area (Å²) < 4.78 is 0. The van der Waals surface area contributed by atoms with Gasteiger partial charge >= 0.3 is 0 Å². The molecule has 2 aromatic rings. The van der Waals surface area contributed by atoms with Crippen LogP contribution in [0.1, 0.15) is 11.1 Å². The molecule has 1 heterocycles. The molecule has 4 nitrogen and oxygen atoms in total. The highest BCUT2D eigenvalue weighted by molar-refractivity contribution is 5.85. The van der Waals surface area contributed by atoms with E-state index in [0.717, 1.165) is 6.42 Å². The van der Waals surface area contributed by atoms with Crippen molar-refractivity contribution in [2.75, 3.05) is 11.9 Å². The Bertz CT molecular complexity index is 554. The molecule has 0 aliphatic rings. The molecule has 0 radical (unpaired) electrons. The van der Waals surface area contributed by atoms with Gasteiger partial charge in [0.05, 0.1) is 0 Å². The minimum Gasteiger partial charge on any atom is -0.365 e. The van der Waals surface area contributed by atoms with Gasteiger partial charge in [-0.25, -0.2) is 4.98 Å². The molecule has 2 N–H and O–H groups in total. The van der Waals surface area contributed by atoms with Gasteiger partial charge in [-0.2, -0.15) is 0 Å². The van der Waals surface area contributed by atoms with Crippen LogP contribution in [0.5, 0.6) is 0 Å². The number of benzene rings is 1. The van der Waals surface area contributed by atoms with Gasteiger partial charge in [-0.15, -0.1) is 12.4 Å². The van der Waals surface area contributed by atoms with Crippen LogP contribution in [0.25, 0.3) is 0 Å². The molecule has 2 rings (SSSR count). The summed E-state index contributed by atoms with van der Waals surface area (Å²) in [6, 6.07) is 8.33. The second-order valence-electron chi connectivity index (χ2n) is 3.93. The van der Waals surface area contributed by atoms with E-state index in [9.17, 15) is 4.79 Å². The fraction of sp³-hybridized carbons (Fsp3) is 0.231. The number of aromatic amines is 1.